The molecule has 8 nitrogen and oxygen atoms in total. The molecule has 2 aromatic heterocycles. The van der Waals surface area contributed by atoms with Crippen LogP contribution in [-0.4, -0.2) is 54.5 Å². The maximum atomic E-state index is 11.5. The summed E-state index contributed by atoms with van der Waals surface area (Å²) in [4.78, 5) is 11.7. The van der Waals surface area contributed by atoms with E-state index in [2.05, 4.69) is 10.1 Å². The number of rotatable bonds is 7. The lowest BCUT2D eigenvalue weighted by Crippen LogP contribution is -2.24. The van der Waals surface area contributed by atoms with Crippen LogP contribution in [0.3, 0.4) is 0 Å². The second-order valence-electron chi connectivity index (χ2n) is 7.19. The Morgan fingerprint density at radius 1 is 1.07 bits per heavy atom. The topological polar surface area (TPSA) is 89.7 Å². The summed E-state index contributed by atoms with van der Waals surface area (Å²) in [6.07, 6.45) is 1.95. The average molecular weight is 426 g/mol. The standard InChI is InChI=1S/C21H23N5O3S/c1-15-22-20-18-7-4-5-8-19(18)23-21(26(20)24-15)25(2)13-6-14-29-16-9-11-17(12-10-16)30(3,27)28/h4-5,7-12H,6,13-14H2,1-3H3. The summed E-state index contributed by atoms with van der Waals surface area (Å²) in [5, 5.41) is 5.48. The molecular weight excluding hydrogens is 402 g/mol. The largest absolute Gasteiger partial charge is 0.494 e. The van der Waals surface area contributed by atoms with Crippen LogP contribution in [0.2, 0.25) is 0 Å². The van der Waals surface area contributed by atoms with Gasteiger partial charge in [-0.05, 0) is 49.7 Å². The fraction of sp³-hybridized carbons (Fsp3) is 0.286. The number of nitrogens with zero attached hydrogens (tertiary/aromatic N) is 5. The first-order valence-electron chi connectivity index (χ1n) is 9.59. The van der Waals surface area contributed by atoms with Crippen molar-refractivity contribution in [2.75, 3.05) is 31.4 Å². The van der Waals surface area contributed by atoms with Crippen LogP contribution in [0.4, 0.5) is 5.95 Å². The number of fused-ring (bicyclic) bond motifs is 3. The van der Waals surface area contributed by atoms with Crippen molar-refractivity contribution >= 4 is 32.3 Å². The number of anilines is 1. The molecule has 0 aliphatic rings. The molecule has 4 aromatic rings. The van der Waals surface area contributed by atoms with Crippen LogP contribution < -0.4 is 9.64 Å². The van der Waals surface area contributed by atoms with Crippen molar-refractivity contribution in [2.24, 2.45) is 0 Å². The van der Waals surface area contributed by atoms with Crippen LogP contribution in [0, 0.1) is 6.92 Å². The van der Waals surface area contributed by atoms with Crippen LogP contribution in [-0.2, 0) is 9.84 Å². The van der Waals surface area contributed by atoms with Gasteiger partial charge in [-0.25, -0.2) is 18.4 Å². The second-order valence-corrected chi connectivity index (χ2v) is 9.21. The van der Waals surface area contributed by atoms with Gasteiger partial charge in [0.05, 0.1) is 17.0 Å². The Bertz CT molecular complexity index is 1300. The normalized spacial score (nSPS) is 11.8. The van der Waals surface area contributed by atoms with E-state index in [4.69, 9.17) is 9.72 Å². The number of ether oxygens (including phenoxy) is 1. The van der Waals surface area contributed by atoms with E-state index in [0.29, 0.717) is 24.7 Å². The van der Waals surface area contributed by atoms with Crippen molar-refractivity contribution in [3.63, 3.8) is 0 Å². The molecule has 30 heavy (non-hydrogen) atoms. The first-order chi connectivity index (χ1) is 14.3. The molecule has 0 radical (unpaired) electrons. The van der Waals surface area contributed by atoms with Gasteiger partial charge in [0.2, 0.25) is 5.95 Å². The summed E-state index contributed by atoms with van der Waals surface area (Å²) in [6.45, 7) is 3.07. The molecule has 0 saturated heterocycles. The van der Waals surface area contributed by atoms with E-state index in [9.17, 15) is 8.42 Å². The summed E-state index contributed by atoms with van der Waals surface area (Å²) in [7, 11) is -1.23. The molecule has 2 heterocycles. The van der Waals surface area contributed by atoms with Crippen molar-refractivity contribution in [2.45, 2.75) is 18.2 Å². The maximum absolute atomic E-state index is 11.5. The summed E-state index contributed by atoms with van der Waals surface area (Å²) < 4.78 is 30.6. The molecule has 0 spiro atoms. The molecule has 0 bridgehead atoms. The molecule has 0 amide bonds. The van der Waals surface area contributed by atoms with E-state index in [1.807, 2.05) is 43.1 Å². The number of para-hydroxylation sites is 1. The van der Waals surface area contributed by atoms with Gasteiger partial charge < -0.3 is 9.64 Å². The van der Waals surface area contributed by atoms with Gasteiger partial charge in [-0.2, -0.15) is 4.52 Å². The molecule has 0 unspecified atom stereocenters. The summed E-state index contributed by atoms with van der Waals surface area (Å²) in [5.41, 5.74) is 1.67. The Balaban J connectivity index is 1.44. The Hall–Kier alpha value is -3.20. The van der Waals surface area contributed by atoms with E-state index in [0.717, 1.165) is 28.9 Å². The van der Waals surface area contributed by atoms with E-state index in [-0.39, 0.29) is 4.90 Å². The van der Waals surface area contributed by atoms with Crippen molar-refractivity contribution in [3.8, 4) is 5.75 Å². The van der Waals surface area contributed by atoms with Crippen LogP contribution in [0.5, 0.6) is 5.75 Å². The van der Waals surface area contributed by atoms with Gasteiger partial charge in [0.15, 0.2) is 15.5 Å². The number of aromatic nitrogens is 4. The predicted octanol–water partition coefficient (Wildman–Crippen LogP) is 2.89. The number of sulfone groups is 1. The summed E-state index contributed by atoms with van der Waals surface area (Å²) >= 11 is 0. The lowest BCUT2D eigenvalue weighted by molar-refractivity contribution is 0.312. The van der Waals surface area contributed by atoms with E-state index >= 15 is 0 Å². The van der Waals surface area contributed by atoms with Crippen LogP contribution in [0.1, 0.15) is 12.2 Å². The molecule has 2 aromatic carbocycles. The van der Waals surface area contributed by atoms with Crippen LogP contribution in [0.15, 0.2) is 53.4 Å². The summed E-state index contributed by atoms with van der Waals surface area (Å²) in [6, 6.07) is 14.4. The van der Waals surface area contributed by atoms with E-state index in [1.165, 1.54) is 6.26 Å². The van der Waals surface area contributed by atoms with Crippen molar-refractivity contribution in [3.05, 3.63) is 54.4 Å². The number of hydrogen-bond acceptors (Lipinski definition) is 7. The fourth-order valence-electron chi connectivity index (χ4n) is 3.27. The van der Waals surface area contributed by atoms with Crippen molar-refractivity contribution in [1.29, 1.82) is 0 Å². The third-order valence-electron chi connectivity index (χ3n) is 4.77. The number of hydrogen-bond donors (Lipinski definition) is 0. The van der Waals surface area contributed by atoms with Crippen LogP contribution in [0.25, 0.3) is 16.6 Å². The predicted molar refractivity (Wildman–Crippen MR) is 116 cm³/mol. The number of aryl methyl sites for hydroxylation is 1. The van der Waals surface area contributed by atoms with Gasteiger partial charge >= 0.3 is 0 Å². The minimum Gasteiger partial charge on any atom is -0.494 e. The molecule has 0 fully saturated rings. The van der Waals surface area contributed by atoms with Gasteiger partial charge in [0.25, 0.3) is 0 Å². The molecule has 0 saturated carbocycles. The average Bonchev–Trinajstić information content (AvgIpc) is 3.11. The monoisotopic (exact) mass is 425 g/mol. The zero-order valence-corrected chi connectivity index (χ0v) is 17.9. The zero-order chi connectivity index (χ0) is 21.3. The minimum atomic E-state index is -3.20. The highest BCUT2D eigenvalue weighted by atomic mass is 32.2. The number of benzene rings is 2. The van der Waals surface area contributed by atoms with Crippen molar-refractivity contribution in [1.82, 2.24) is 19.6 Å². The third-order valence-corrected chi connectivity index (χ3v) is 5.90. The fourth-order valence-corrected chi connectivity index (χ4v) is 3.90. The molecular formula is C21H23N5O3S. The molecule has 9 heteroatoms. The molecule has 156 valence electrons. The van der Waals surface area contributed by atoms with Gasteiger partial charge in [-0.15, -0.1) is 5.10 Å². The molecule has 4 rings (SSSR count). The van der Waals surface area contributed by atoms with Gasteiger partial charge in [-0.1, -0.05) is 12.1 Å². The molecule has 0 atom stereocenters. The Labute approximate surface area is 175 Å². The molecule has 0 N–H and O–H groups in total. The first-order valence-corrected chi connectivity index (χ1v) is 11.5. The van der Waals surface area contributed by atoms with Gasteiger partial charge in [-0.3, -0.25) is 0 Å². The van der Waals surface area contributed by atoms with E-state index < -0.39 is 9.84 Å². The first kappa shape index (κ1) is 20.1. The zero-order valence-electron chi connectivity index (χ0n) is 17.1. The Morgan fingerprint density at radius 3 is 2.53 bits per heavy atom. The SMILES string of the molecule is Cc1nc2c3ccccc3nc(N(C)CCCOc3ccc(S(C)(=O)=O)cc3)n2n1. The maximum Gasteiger partial charge on any atom is 0.228 e. The third kappa shape index (κ3) is 4.06. The highest BCUT2D eigenvalue weighted by Gasteiger charge is 2.15. The summed E-state index contributed by atoms with van der Waals surface area (Å²) in [5.74, 6) is 2.06. The highest BCUT2D eigenvalue weighted by molar-refractivity contribution is 7.90. The van der Waals surface area contributed by atoms with Crippen molar-refractivity contribution < 1.29 is 13.2 Å². The second kappa shape index (κ2) is 7.91. The lowest BCUT2D eigenvalue weighted by atomic mass is 10.2. The van der Waals surface area contributed by atoms with Crippen LogP contribution >= 0.6 is 0 Å². The lowest BCUT2D eigenvalue weighted by Gasteiger charge is -2.19. The Morgan fingerprint density at radius 2 is 1.80 bits per heavy atom. The molecule has 0 aliphatic carbocycles. The minimum absolute atomic E-state index is 0.282. The van der Waals surface area contributed by atoms with Gasteiger partial charge in [0, 0.05) is 25.2 Å². The van der Waals surface area contributed by atoms with Gasteiger partial charge in [0.1, 0.15) is 11.6 Å². The smallest absolute Gasteiger partial charge is 0.228 e. The molecule has 0 aliphatic heterocycles. The Kier molecular flexibility index (Phi) is 5.29. The van der Waals surface area contributed by atoms with E-state index in [1.54, 1.807) is 28.8 Å². The highest BCUT2D eigenvalue weighted by Crippen LogP contribution is 2.22. The quantitative estimate of drug-likeness (QED) is 0.421.